The Morgan fingerprint density at radius 1 is 0.929 bits per heavy atom. The van der Waals surface area contributed by atoms with Crippen molar-refractivity contribution >= 4 is 27.5 Å². The smallest absolute Gasteiger partial charge is 0.259 e. The van der Waals surface area contributed by atoms with Crippen LogP contribution < -0.4 is 14.8 Å². The molecule has 1 amide bonds. The second kappa shape index (κ2) is 9.92. The molecule has 1 N–H and O–H groups in total. The highest BCUT2D eigenvalue weighted by Crippen LogP contribution is 2.26. The lowest BCUT2D eigenvalue weighted by Crippen LogP contribution is -2.15. The van der Waals surface area contributed by atoms with Crippen LogP contribution in [0.25, 0.3) is 0 Å². The summed E-state index contributed by atoms with van der Waals surface area (Å²) in [4.78, 5) is 12.7. The monoisotopic (exact) mass is 441 g/mol. The zero-order chi connectivity index (χ0) is 19.8. The lowest BCUT2D eigenvalue weighted by atomic mass is 10.2. The molecular weight excluding hydrogens is 422 g/mol. The fourth-order valence-corrected chi connectivity index (χ4v) is 2.83. The van der Waals surface area contributed by atoms with Crippen LogP contribution in [0.3, 0.4) is 0 Å². The number of hydrogen-bond donors (Lipinski definition) is 1. The molecule has 0 saturated heterocycles. The fourth-order valence-electron chi connectivity index (χ4n) is 2.47. The molecule has 5 nitrogen and oxygen atoms in total. The van der Waals surface area contributed by atoms with Crippen molar-refractivity contribution in [2.24, 2.45) is 0 Å². The summed E-state index contributed by atoms with van der Waals surface area (Å²) in [7, 11) is 1.60. The SMILES string of the molecule is COCCOc1ccc(Br)cc1C(=O)Nc1ccc(Oc2ccccc2)cc1. The van der Waals surface area contributed by atoms with E-state index in [-0.39, 0.29) is 5.91 Å². The second-order valence-corrected chi connectivity index (χ2v) is 6.79. The van der Waals surface area contributed by atoms with Crippen molar-refractivity contribution in [1.29, 1.82) is 0 Å². The van der Waals surface area contributed by atoms with Gasteiger partial charge in [0.25, 0.3) is 5.91 Å². The molecule has 3 aromatic rings. The zero-order valence-corrected chi connectivity index (χ0v) is 16.9. The van der Waals surface area contributed by atoms with Crippen molar-refractivity contribution in [1.82, 2.24) is 0 Å². The van der Waals surface area contributed by atoms with Gasteiger partial charge in [0.1, 0.15) is 23.9 Å². The standard InChI is InChI=1S/C22H20BrNO4/c1-26-13-14-27-21-12-7-16(23)15-20(21)22(25)24-17-8-10-19(11-9-17)28-18-5-3-2-4-6-18/h2-12,15H,13-14H2,1H3,(H,24,25). The molecule has 0 atom stereocenters. The van der Waals surface area contributed by atoms with Gasteiger partial charge in [0.2, 0.25) is 0 Å². The third-order valence-corrected chi connectivity index (χ3v) is 4.32. The summed E-state index contributed by atoms with van der Waals surface area (Å²) in [6, 6.07) is 22.0. The number of para-hydroxylation sites is 1. The first-order chi connectivity index (χ1) is 13.7. The van der Waals surface area contributed by atoms with E-state index >= 15 is 0 Å². The number of ether oxygens (including phenoxy) is 3. The van der Waals surface area contributed by atoms with Crippen LogP contribution in [0.5, 0.6) is 17.2 Å². The molecule has 0 radical (unpaired) electrons. The number of methoxy groups -OCH3 is 1. The maximum atomic E-state index is 12.7. The maximum absolute atomic E-state index is 12.7. The molecule has 3 rings (SSSR count). The number of hydrogen-bond acceptors (Lipinski definition) is 4. The molecule has 0 aromatic heterocycles. The topological polar surface area (TPSA) is 56.8 Å². The Labute approximate surface area is 172 Å². The zero-order valence-electron chi connectivity index (χ0n) is 15.4. The van der Waals surface area contributed by atoms with E-state index in [1.807, 2.05) is 36.4 Å². The van der Waals surface area contributed by atoms with E-state index in [0.717, 1.165) is 10.2 Å². The molecule has 0 fully saturated rings. The van der Waals surface area contributed by atoms with Gasteiger partial charge in [-0.2, -0.15) is 0 Å². The number of amides is 1. The van der Waals surface area contributed by atoms with E-state index in [4.69, 9.17) is 14.2 Å². The van der Waals surface area contributed by atoms with Crippen LogP contribution in [-0.2, 0) is 4.74 Å². The molecule has 0 saturated carbocycles. The Morgan fingerprint density at radius 2 is 1.64 bits per heavy atom. The Balaban J connectivity index is 1.68. The Hall–Kier alpha value is -2.83. The molecule has 144 valence electrons. The summed E-state index contributed by atoms with van der Waals surface area (Å²) in [5.74, 6) is 1.69. The lowest BCUT2D eigenvalue weighted by Gasteiger charge is -2.12. The Kier molecular flexibility index (Phi) is 7.06. The van der Waals surface area contributed by atoms with Crippen molar-refractivity contribution in [2.75, 3.05) is 25.6 Å². The highest BCUT2D eigenvalue weighted by molar-refractivity contribution is 9.10. The van der Waals surface area contributed by atoms with E-state index < -0.39 is 0 Å². The third-order valence-electron chi connectivity index (χ3n) is 3.82. The van der Waals surface area contributed by atoms with E-state index in [1.165, 1.54) is 0 Å². The minimum atomic E-state index is -0.259. The van der Waals surface area contributed by atoms with Crippen LogP contribution in [0.2, 0.25) is 0 Å². The predicted molar refractivity (Wildman–Crippen MR) is 112 cm³/mol. The molecule has 6 heteroatoms. The molecule has 0 aliphatic rings. The second-order valence-electron chi connectivity index (χ2n) is 5.88. The van der Waals surface area contributed by atoms with Gasteiger partial charge in [0.15, 0.2) is 0 Å². The number of anilines is 1. The van der Waals surface area contributed by atoms with E-state index in [9.17, 15) is 4.79 Å². The quantitative estimate of drug-likeness (QED) is 0.467. The lowest BCUT2D eigenvalue weighted by molar-refractivity contribution is 0.101. The number of halogens is 1. The number of carbonyl (C=O) groups is 1. The minimum Gasteiger partial charge on any atom is -0.490 e. The van der Waals surface area contributed by atoms with E-state index in [1.54, 1.807) is 43.5 Å². The van der Waals surface area contributed by atoms with Crippen LogP contribution in [0.4, 0.5) is 5.69 Å². The number of nitrogens with one attached hydrogen (secondary N) is 1. The normalized spacial score (nSPS) is 10.4. The van der Waals surface area contributed by atoms with Gasteiger partial charge in [-0.05, 0) is 54.6 Å². The van der Waals surface area contributed by atoms with Crippen molar-refractivity contribution in [3.8, 4) is 17.2 Å². The van der Waals surface area contributed by atoms with E-state index in [0.29, 0.717) is 36.0 Å². The first kappa shape index (κ1) is 19.9. The average molecular weight is 442 g/mol. The molecule has 0 aliphatic heterocycles. The average Bonchev–Trinajstić information content (AvgIpc) is 2.71. The summed E-state index contributed by atoms with van der Waals surface area (Å²) in [6.45, 7) is 0.809. The number of carbonyl (C=O) groups excluding carboxylic acids is 1. The van der Waals surface area contributed by atoms with Gasteiger partial charge >= 0.3 is 0 Å². The maximum Gasteiger partial charge on any atom is 0.259 e. The first-order valence-corrected chi connectivity index (χ1v) is 9.50. The van der Waals surface area contributed by atoms with Crippen LogP contribution in [-0.4, -0.2) is 26.2 Å². The number of rotatable bonds is 8. The third kappa shape index (κ3) is 5.58. The van der Waals surface area contributed by atoms with Crippen molar-refractivity contribution in [3.05, 3.63) is 82.8 Å². The van der Waals surface area contributed by atoms with Gasteiger partial charge in [0, 0.05) is 17.3 Å². The molecule has 0 spiro atoms. The van der Waals surface area contributed by atoms with E-state index in [2.05, 4.69) is 21.2 Å². The molecule has 0 heterocycles. The van der Waals surface area contributed by atoms with Crippen LogP contribution in [0.15, 0.2) is 77.3 Å². The first-order valence-electron chi connectivity index (χ1n) is 8.71. The minimum absolute atomic E-state index is 0.259. The van der Waals surface area contributed by atoms with Crippen LogP contribution >= 0.6 is 15.9 Å². The molecule has 28 heavy (non-hydrogen) atoms. The highest BCUT2D eigenvalue weighted by Gasteiger charge is 2.14. The molecule has 0 bridgehead atoms. The summed E-state index contributed by atoms with van der Waals surface area (Å²) >= 11 is 3.40. The highest BCUT2D eigenvalue weighted by atomic mass is 79.9. The van der Waals surface area contributed by atoms with Gasteiger partial charge in [-0.25, -0.2) is 0 Å². The Morgan fingerprint density at radius 3 is 2.36 bits per heavy atom. The molecular formula is C22H20BrNO4. The van der Waals surface area contributed by atoms with Crippen molar-refractivity contribution < 1.29 is 19.0 Å². The molecule has 0 aliphatic carbocycles. The van der Waals surface area contributed by atoms with Crippen molar-refractivity contribution in [2.45, 2.75) is 0 Å². The largest absolute Gasteiger partial charge is 0.490 e. The van der Waals surface area contributed by atoms with Gasteiger partial charge in [-0.15, -0.1) is 0 Å². The van der Waals surface area contributed by atoms with Gasteiger partial charge in [-0.1, -0.05) is 34.1 Å². The van der Waals surface area contributed by atoms with Crippen LogP contribution in [0, 0.1) is 0 Å². The molecule has 0 unspecified atom stereocenters. The van der Waals surface area contributed by atoms with Crippen LogP contribution in [0.1, 0.15) is 10.4 Å². The van der Waals surface area contributed by atoms with Gasteiger partial charge in [0.05, 0.1) is 12.2 Å². The summed E-state index contributed by atoms with van der Waals surface area (Å²) < 4.78 is 17.2. The number of benzene rings is 3. The Bertz CT molecular complexity index is 914. The summed E-state index contributed by atoms with van der Waals surface area (Å²) in [5.41, 5.74) is 1.10. The van der Waals surface area contributed by atoms with Crippen molar-refractivity contribution in [3.63, 3.8) is 0 Å². The fraction of sp³-hybridized carbons (Fsp3) is 0.136. The van der Waals surface area contributed by atoms with Gasteiger partial charge < -0.3 is 19.5 Å². The molecule has 3 aromatic carbocycles. The summed E-state index contributed by atoms with van der Waals surface area (Å²) in [6.07, 6.45) is 0. The summed E-state index contributed by atoms with van der Waals surface area (Å²) in [5, 5.41) is 2.88. The van der Waals surface area contributed by atoms with Gasteiger partial charge in [-0.3, -0.25) is 4.79 Å². The predicted octanol–water partition coefficient (Wildman–Crippen LogP) is 5.52.